The number of ether oxygens (including phenoxy) is 3. The summed E-state index contributed by atoms with van der Waals surface area (Å²) in [6, 6.07) is 1.67. The molecule has 36 heavy (non-hydrogen) atoms. The van der Waals surface area contributed by atoms with Gasteiger partial charge in [0.1, 0.15) is 17.8 Å². The van der Waals surface area contributed by atoms with E-state index in [-0.39, 0.29) is 42.6 Å². The van der Waals surface area contributed by atoms with Crippen LogP contribution in [0.15, 0.2) is 18.5 Å². The third-order valence-electron chi connectivity index (χ3n) is 6.96. The van der Waals surface area contributed by atoms with E-state index >= 15 is 0 Å². The molecular formula is C22H24F3N7O4. The van der Waals surface area contributed by atoms with Crippen LogP contribution >= 0.6 is 0 Å². The molecule has 7 rings (SSSR count). The summed E-state index contributed by atoms with van der Waals surface area (Å²) < 4.78 is 57.9. The topological polar surface area (TPSA) is 128 Å². The molecule has 0 unspecified atom stereocenters. The van der Waals surface area contributed by atoms with E-state index in [9.17, 15) is 18.0 Å². The zero-order valence-corrected chi connectivity index (χ0v) is 19.3. The molecule has 0 aromatic carbocycles. The second kappa shape index (κ2) is 8.34. The Morgan fingerprint density at radius 2 is 2.17 bits per heavy atom. The van der Waals surface area contributed by atoms with Gasteiger partial charge in [-0.25, -0.2) is 14.8 Å². The summed E-state index contributed by atoms with van der Waals surface area (Å²) in [5.74, 6) is 1.18. The van der Waals surface area contributed by atoms with Crippen LogP contribution < -0.4 is 10.6 Å². The van der Waals surface area contributed by atoms with Gasteiger partial charge in [0.2, 0.25) is 5.95 Å². The van der Waals surface area contributed by atoms with E-state index in [1.54, 1.807) is 6.07 Å². The van der Waals surface area contributed by atoms with Crippen molar-refractivity contribution in [3.8, 4) is 0 Å². The lowest BCUT2D eigenvalue weighted by molar-refractivity contribution is -0.136. The van der Waals surface area contributed by atoms with Gasteiger partial charge in [-0.1, -0.05) is 0 Å². The highest BCUT2D eigenvalue weighted by molar-refractivity contribution is 5.69. The minimum atomic E-state index is -4.62. The number of imidazole rings is 1. The van der Waals surface area contributed by atoms with Gasteiger partial charge in [-0.3, -0.25) is 9.50 Å². The Balaban J connectivity index is 1.13. The average molecular weight is 507 g/mol. The number of aromatic nitrogens is 5. The number of amides is 1. The van der Waals surface area contributed by atoms with Gasteiger partial charge < -0.3 is 24.8 Å². The molecule has 4 aliphatic rings. The summed E-state index contributed by atoms with van der Waals surface area (Å²) >= 11 is 0. The molecule has 3 aromatic heterocycles. The van der Waals surface area contributed by atoms with E-state index in [1.807, 2.05) is 0 Å². The quantitative estimate of drug-likeness (QED) is 0.444. The second-order valence-corrected chi connectivity index (χ2v) is 9.65. The maximum atomic E-state index is 13.5. The van der Waals surface area contributed by atoms with E-state index < -0.39 is 17.8 Å². The summed E-state index contributed by atoms with van der Waals surface area (Å²) in [4.78, 5) is 20.2. The van der Waals surface area contributed by atoms with Crippen molar-refractivity contribution in [1.82, 2.24) is 29.9 Å². The first-order chi connectivity index (χ1) is 17.2. The minimum Gasteiger partial charge on any atom is -0.444 e. The van der Waals surface area contributed by atoms with E-state index in [2.05, 4.69) is 30.8 Å². The maximum Gasteiger partial charge on any atom is 0.421 e. The smallest absolute Gasteiger partial charge is 0.421 e. The van der Waals surface area contributed by atoms with Gasteiger partial charge in [0.15, 0.2) is 11.5 Å². The third-order valence-corrected chi connectivity index (χ3v) is 6.96. The molecule has 0 radical (unpaired) electrons. The number of halogens is 3. The Bertz CT molecular complexity index is 1290. The molecule has 1 amide bonds. The lowest BCUT2D eigenvalue weighted by atomic mass is 9.50. The van der Waals surface area contributed by atoms with Crippen molar-refractivity contribution in [3.63, 3.8) is 0 Å². The van der Waals surface area contributed by atoms with Crippen LogP contribution in [0.2, 0.25) is 0 Å². The summed E-state index contributed by atoms with van der Waals surface area (Å²) in [7, 11) is 1.43. The molecule has 3 N–H and O–H groups in total. The number of nitrogens with zero attached hydrogens (tertiary/aromatic N) is 4. The van der Waals surface area contributed by atoms with Crippen LogP contribution in [-0.4, -0.2) is 56.0 Å². The van der Waals surface area contributed by atoms with E-state index in [1.165, 1.54) is 17.7 Å². The molecule has 1 saturated heterocycles. The molecular weight excluding hydrogens is 483 g/mol. The van der Waals surface area contributed by atoms with Crippen molar-refractivity contribution in [2.75, 3.05) is 19.0 Å². The van der Waals surface area contributed by atoms with Gasteiger partial charge in [0.25, 0.3) is 0 Å². The molecule has 11 nitrogen and oxygen atoms in total. The number of rotatable bonds is 7. The Labute approximate surface area is 202 Å². The van der Waals surface area contributed by atoms with Crippen molar-refractivity contribution in [2.24, 2.45) is 5.92 Å². The highest BCUT2D eigenvalue weighted by atomic mass is 19.4. The molecule has 3 aromatic rings. The Kier molecular flexibility index (Phi) is 5.33. The monoisotopic (exact) mass is 507 g/mol. The van der Waals surface area contributed by atoms with Gasteiger partial charge in [-0.2, -0.15) is 18.3 Å². The summed E-state index contributed by atoms with van der Waals surface area (Å²) in [6.45, 7) is 0.306. The number of hydrogen-bond donors (Lipinski definition) is 3. The molecule has 2 atom stereocenters. The van der Waals surface area contributed by atoms with Gasteiger partial charge in [0, 0.05) is 37.5 Å². The number of carbonyl (C=O) groups excluding carboxylic acids is 1. The molecule has 4 heterocycles. The molecule has 4 fully saturated rings. The maximum absolute atomic E-state index is 13.5. The molecule has 1 aliphatic heterocycles. The van der Waals surface area contributed by atoms with E-state index in [0.29, 0.717) is 23.6 Å². The molecule has 3 saturated carbocycles. The van der Waals surface area contributed by atoms with Crippen molar-refractivity contribution < 1.29 is 32.2 Å². The molecule has 192 valence electrons. The summed E-state index contributed by atoms with van der Waals surface area (Å²) in [6.07, 6.45) is -0.0871. The van der Waals surface area contributed by atoms with Gasteiger partial charge in [-0.05, 0) is 25.2 Å². The fourth-order valence-corrected chi connectivity index (χ4v) is 5.14. The van der Waals surface area contributed by atoms with Crippen molar-refractivity contribution in [2.45, 2.75) is 56.2 Å². The van der Waals surface area contributed by atoms with Crippen LogP contribution in [0, 0.1) is 5.92 Å². The van der Waals surface area contributed by atoms with Crippen molar-refractivity contribution >= 4 is 23.5 Å². The number of carbonyl (C=O) groups is 1. The van der Waals surface area contributed by atoms with Crippen molar-refractivity contribution in [3.05, 3.63) is 35.4 Å². The first-order valence-corrected chi connectivity index (χ1v) is 11.6. The fourth-order valence-electron chi connectivity index (χ4n) is 5.14. The lowest BCUT2D eigenvalue weighted by Gasteiger charge is -2.61. The molecule has 0 spiro atoms. The number of nitrogens with one attached hydrogen (secondary N) is 3. The SMILES string of the molecule is COCc1cn2c(Nc3cc([C@@H]4C[C@H](OC(=O)NC56CC(C5)C6)CO4)[nH]n3)ncc(C(F)(F)F)c2n1. The van der Waals surface area contributed by atoms with Gasteiger partial charge in [-0.15, -0.1) is 0 Å². The number of methoxy groups -OCH3 is 1. The predicted molar refractivity (Wildman–Crippen MR) is 117 cm³/mol. The highest BCUT2D eigenvalue weighted by Gasteiger charge is 2.57. The predicted octanol–water partition coefficient (Wildman–Crippen LogP) is 3.47. The standard InChI is InChI=1S/C22H24F3N7O4/c1-34-9-12-8-32-18(27-12)14(22(23,24)25)7-26-19(32)28-17-3-15(30-31-17)16-2-13(10-35-16)36-20(33)29-21-4-11(5-21)6-21/h3,7-8,11,13,16H,2,4-6,9-10H2,1H3,(H,29,33)(H2,26,28,30,31)/t11?,13-,16-,21?/m0/s1. The second-order valence-electron chi connectivity index (χ2n) is 9.65. The average Bonchev–Trinajstić information content (AvgIpc) is 3.49. The Hall–Kier alpha value is -3.39. The third kappa shape index (κ3) is 4.13. The normalized spacial score (nSPS) is 26.9. The zero-order chi connectivity index (χ0) is 25.1. The van der Waals surface area contributed by atoms with Crippen LogP contribution in [0.5, 0.6) is 0 Å². The number of fused-ring (bicyclic) bond motifs is 1. The summed E-state index contributed by atoms with van der Waals surface area (Å²) in [5, 5.41) is 12.9. The van der Waals surface area contributed by atoms with Crippen molar-refractivity contribution in [1.29, 1.82) is 0 Å². The van der Waals surface area contributed by atoms with Crippen LogP contribution in [0.25, 0.3) is 5.65 Å². The molecule has 14 heteroatoms. The summed E-state index contributed by atoms with van der Waals surface area (Å²) in [5.41, 5.74) is -0.342. The number of aromatic amines is 1. The molecule has 3 aliphatic carbocycles. The van der Waals surface area contributed by atoms with Crippen LogP contribution in [0.3, 0.4) is 0 Å². The van der Waals surface area contributed by atoms with Gasteiger partial charge >= 0.3 is 12.3 Å². The van der Waals surface area contributed by atoms with E-state index in [0.717, 1.165) is 31.4 Å². The molecule has 2 bridgehead atoms. The number of alkyl carbamates (subject to hydrolysis) is 1. The largest absolute Gasteiger partial charge is 0.444 e. The number of alkyl halides is 3. The van der Waals surface area contributed by atoms with Gasteiger partial charge in [0.05, 0.1) is 24.6 Å². The zero-order valence-electron chi connectivity index (χ0n) is 19.3. The highest BCUT2D eigenvalue weighted by Crippen LogP contribution is 2.57. The lowest BCUT2D eigenvalue weighted by Crippen LogP contribution is -2.68. The minimum absolute atomic E-state index is 0.0484. The Morgan fingerprint density at radius 1 is 1.36 bits per heavy atom. The first-order valence-electron chi connectivity index (χ1n) is 11.6. The number of H-pyrrole nitrogens is 1. The Morgan fingerprint density at radius 3 is 2.86 bits per heavy atom. The van der Waals surface area contributed by atoms with Crippen LogP contribution in [-0.2, 0) is 27.0 Å². The number of hydrogen-bond acceptors (Lipinski definition) is 8. The fraction of sp³-hybridized carbons (Fsp3) is 0.545. The number of anilines is 2. The first kappa shape index (κ1) is 23.0. The van der Waals surface area contributed by atoms with E-state index in [4.69, 9.17) is 14.2 Å². The van der Waals surface area contributed by atoms with Crippen LogP contribution in [0.4, 0.5) is 29.7 Å². The van der Waals surface area contributed by atoms with Crippen LogP contribution in [0.1, 0.15) is 48.7 Å².